The normalized spacial score (nSPS) is 11.2. The summed E-state index contributed by atoms with van der Waals surface area (Å²) in [5, 5.41) is 0.137. The number of amides is 1. The Morgan fingerprint density at radius 3 is 2.32 bits per heavy atom. The second-order valence-electron chi connectivity index (χ2n) is 6.76. The minimum absolute atomic E-state index is 0.0644. The summed E-state index contributed by atoms with van der Waals surface area (Å²) in [6, 6.07) is 16.7. The molecule has 0 bridgehead atoms. The van der Waals surface area contributed by atoms with E-state index in [4.69, 9.17) is 11.6 Å². The molecule has 0 fully saturated rings. The van der Waals surface area contributed by atoms with E-state index in [1.807, 2.05) is 30.5 Å². The zero-order valence-electron chi connectivity index (χ0n) is 16.8. The fraction of sp³-hybridized carbons (Fsp3) is 0.136. The number of nitrogens with one attached hydrogen (secondary N) is 1. The van der Waals surface area contributed by atoms with E-state index in [0.29, 0.717) is 6.54 Å². The van der Waals surface area contributed by atoms with Gasteiger partial charge in [0.1, 0.15) is 5.82 Å². The van der Waals surface area contributed by atoms with Crippen LogP contribution in [0.3, 0.4) is 0 Å². The van der Waals surface area contributed by atoms with Gasteiger partial charge in [0.2, 0.25) is 0 Å². The Bertz CT molecular complexity index is 1180. The van der Waals surface area contributed by atoms with Crippen molar-refractivity contribution in [2.24, 2.45) is 0 Å². The number of anilines is 1. The summed E-state index contributed by atoms with van der Waals surface area (Å²) < 4.78 is 40.6. The SMILES string of the molecule is CSc1ccc(CN(C)C(=O)c2ccc(Cl)c(NS(=O)(=O)c3ccc(F)cc3)c2)cc1. The van der Waals surface area contributed by atoms with Crippen LogP contribution < -0.4 is 4.72 Å². The van der Waals surface area contributed by atoms with E-state index >= 15 is 0 Å². The molecule has 0 aromatic heterocycles. The minimum Gasteiger partial charge on any atom is -0.337 e. The summed E-state index contributed by atoms with van der Waals surface area (Å²) in [7, 11) is -2.33. The molecule has 0 saturated carbocycles. The first-order valence-electron chi connectivity index (χ1n) is 9.16. The van der Waals surface area contributed by atoms with Crippen LogP contribution >= 0.6 is 23.4 Å². The van der Waals surface area contributed by atoms with Gasteiger partial charge >= 0.3 is 0 Å². The van der Waals surface area contributed by atoms with Crippen molar-refractivity contribution in [3.63, 3.8) is 0 Å². The molecule has 0 unspecified atom stereocenters. The lowest BCUT2D eigenvalue weighted by Crippen LogP contribution is -2.26. The van der Waals surface area contributed by atoms with E-state index < -0.39 is 15.8 Å². The third-order valence-electron chi connectivity index (χ3n) is 4.51. The summed E-state index contributed by atoms with van der Waals surface area (Å²) in [6.07, 6.45) is 1.99. The van der Waals surface area contributed by atoms with Gasteiger partial charge in [0.05, 0.1) is 15.6 Å². The molecule has 3 aromatic rings. The first-order chi connectivity index (χ1) is 14.7. The van der Waals surface area contributed by atoms with Gasteiger partial charge in [-0.2, -0.15) is 0 Å². The average molecular weight is 479 g/mol. The molecule has 162 valence electrons. The largest absolute Gasteiger partial charge is 0.337 e. The summed E-state index contributed by atoms with van der Waals surface area (Å²) in [5.74, 6) is -0.830. The van der Waals surface area contributed by atoms with Crippen molar-refractivity contribution in [1.82, 2.24) is 4.90 Å². The molecule has 0 spiro atoms. The standard InChI is InChI=1S/C22H20ClFN2O3S2/c1-26(14-15-3-8-18(30-2)9-4-15)22(27)16-5-12-20(23)21(13-16)25-31(28,29)19-10-6-17(24)7-11-19/h3-13,25H,14H2,1-2H3. The van der Waals surface area contributed by atoms with Gasteiger partial charge in [-0.15, -0.1) is 11.8 Å². The number of benzene rings is 3. The average Bonchev–Trinajstić information content (AvgIpc) is 2.75. The smallest absolute Gasteiger partial charge is 0.261 e. The van der Waals surface area contributed by atoms with Gasteiger partial charge in [0, 0.05) is 24.1 Å². The number of nitrogens with zero attached hydrogens (tertiary/aromatic N) is 1. The highest BCUT2D eigenvalue weighted by molar-refractivity contribution is 7.98. The summed E-state index contributed by atoms with van der Waals surface area (Å²) in [4.78, 5) is 15.4. The third-order valence-corrected chi connectivity index (χ3v) is 6.96. The van der Waals surface area contributed by atoms with Crippen LogP contribution in [0.15, 0.2) is 76.5 Å². The number of hydrogen-bond donors (Lipinski definition) is 1. The fourth-order valence-electron chi connectivity index (χ4n) is 2.85. The van der Waals surface area contributed by atoms with Crippen LogP contribution in [0.5, 0.6) is 0 Å². The third kappa shape index (κ3) is 5.78. The maximum Gasteiger partial charge on any atom is 0.261 e. The monoisotopic (exact) mass is 478 g/mol. The van der Waals surface area contributed by atoms with E-state index in [2.05, 4.69) is 4.72 Å². The second kappa shape index (κ2) is 9.72. The van der Waals surface area contributed by atoms with Gasteiger partial charge in [0.25, 0.3) is 15.9 Å². The van der Waals surface area contributed by atoms with Gasteiger partial charge in [-0.05, 0) is 66.4 Å². The zero-order valence-corrected chi connectivity index (χ0v) is 19.2. The van der Waals surface area contributed by atoms with Crippen molar-refractivity contribution in [3.05, 3.63) is 88.7 Å². The summed E-state index contributed by atoms with van der Waals surface area (Å²) >= 11 is 7.78. The Labute approximate surface area is 190 Å². The number of sulfonamides is 1. The van der Waals surface area contributed by atoms with Crippen molar-refractivity contribution in [1.29, 1.82) is 0 Å². The number of rotatable bonds is 7. The van der Waals surface area contributed by atoms with Crippen LogP contribution in [-0.4, -0.2) is 32.5 Å². The highest BCUT2D eigenvalue weighted by atomic mass is 35.5. The molecular formula is C22H20ClFN2O3S2. The van der Waals surface area contributed by atoms with Crippen molar-refractivity contribution in [3.8, 4) is 0 Å². The predicted molar refractivity (Wildman–Crippen MR) is 123 cm³/mol. The van der Waals surface area contributed by atoms with Crippen LogP contribution in [0.2, 0.25) is 5.02 Å². The van der Waals surface area contributed by atoms with Crippen molar-refractivity contribution in [2.45, 2.75) is 16.3 Å². The van der Waals surface area contributed by atoms with E-state index in [9.17, 15) is 17.6 Å². The molecule has 0 radical (unpaired) electrons. The molecule has 5 nitrogen and oxygen atoms in total. The summed E-state index contributed by atoms with van der Waals surface area (Å²) in [5.41, 5.74) is 1.32. The minimum atomic E-state index is -4.00. The van der Waals surface area contributed by atoms with Gasteiger partial charge in [-0.1, -0.05) is 23.7 Å². The van der Waals surface area contributed by atoms with Crippen molar-refractivity contribution >= 4 is 45.0 Å². The molecule has 0 heterocycles. The summed E-state index contributed by atoms with van der Waals surface area (Å²) in [6.45, 7) is 0.396. The molecule has 0 aliphatic carbocycles. The first kappa shape index (κ1) is 23.1. The quantitative estimate of drug-likeness (QED) is 0.469. The molecule has 9 heteroatoms. The Balaban J connectivity index is 1.79. The Hall–Kier alpha value is -2.55. The van der Waals surface area contributed by atoms with Crippen LogP contribution in [0.4, 0.5) is 10.1 Å². The molecule has 0 saturated heterocycles. The van der Waals surface area contributed by atoms with E-state index in [1.54, 1.807) is 18.8 Å². The molecule has 1 N–H and O–H groups in total. The van der Waals surface area contributed by atoms with Gasteiger partial charge in [0.15, 0.2) is 0 Å². The lowest BCUT2D eigenvalue weighted by molar-refractivity contribution is 0.0785. The zero-order chi connectivity index (χ0) is 22.6. The number of carbonyl (C=O) groups excluding carboxylic acids is 1. The van der Waals surface area contributed by atoms with Crippen LogP contribution in [0.1, 0.15) is 15.9 Å². The van der Waals surface area contributed by atoms with Crippen molar-refractivity contribution < 1.29 is 17.6 Å². The maximum atomic E-state index is 13.1. The highest BCUT2D eigenvalue weighted by Crippen LogP contribution is 2.27. The first-order valence-corrected chi connectivity index (χ1v) is 12.2. The number of hydrogen-bond acceptors (Lipinski definition) is 4. The van der Waals surface area contributed by atoms with E-state index in [1.165, 1.54) is 23.1 Å². The van der Waals surface area contributed by atoms with Crippen LogP contribution in [-0.2, 0) is 16.6 Å². The second-order valence-corrected chi connectivity index (χ2v) is 9.73. The van der Waals surface area contributed by atoms with Crippen LogP contribution in [0.25, 0.3) is 0 Å². The highest BCUT2D eigenvalue weighted by Gasteiger charge is 2.19. The van der Waals surface area contributed by atoms with Gasteiger partial charge in [-0.25, -0.2) is 12.8 Å². The Morgan fingerprint density at radius 2 is 1.71 bits per heavy atom. The molecule has 0 aliphatic heterocycles. The number of halogens is 2. The molecule has 0 aliphatic rings. The number of thioether (sulfide) groups is 1. The number of carbonyl (C=O) groups is 1. The van der Waals surface area contributed by atoms with Gasteiger partial charge < -0.3 is 4.90 Å². The Kier molecular flexibility index (Phi) is 7.25. The fourth-order valence-corrected chi connectivity index (χ4v) is 4.55. The Morgan fingerprint density at radius 1 is 1.06 bits per heavy atom. The topological polar surface area (TPSA) is 66.5 Å². The molecule has 0 atom stereocenters. The van der Waals surface area contributed by atoms with E-state index in [-0.39, 0.29) is 27.1 Å². The molecule has 3 aromatic carbocycles. The molecule has 3 rings (SSSR count). The van der Waals surface area contributed by atoms with Crippen molar-refractivity contribution in [2.75, 3.05) is 18.0 Å². The molecular weight excluding hydrogens is 459 g/mol. The van der Waals surface area contributed by atoms with Gasteiger partial charge in [-0.3, -0.25) is 9.52 Å². The molecule has 1 amide bonds. The maximum absolute atomic E-state index is 13.1. The predicted octanol–water partition coefficient (Wildman–Crippen LogP) is 5.27. The molecule has 31 heavy (non-hydrogen) atoms. The lowest BCUT2D eigenvalue weighted by atomic mass is 10.1. The van der Waals surface area contributed by atoms with Crippen LogP contribution in [0, 0.1) is 5.82 Å². The van der Waals surface area contributed by atoms with E-state index in [0.717, 1.165) is 34.7 Å². The lowest BCUT2D eigenvalue weighted by Gasteiger charge is -2.18.